The van der Waals surface area contributed by atoms with Gasteiger partial charge in [-0.3, -0.25) is 9.59 Å². The zero-order valence-corrected chi connectivity index (χ0v) is 11.5. The molecule has 2 rings (SSSR count). The van der Waals surface area contributed by atoms with Crippen molar-refractivity contribution in [2.45, 2.75) is 45.4 Å². The SMILES string of the molecule is CCOCCC1(C(=O)NCC2(C(=O)O)CC2)CCC1. The quantitative estimate of drug-likeness (QED) is 0.656. The molecular formula is C14H23NO4. The normalized spacial score (nSPS) is 22.4. The minimum absolute atomic E-state index is 0.0194. The van der Waals surface area contributed by atoms with Gasteiger partial charge in [-0.15, -0.1) is 0 Å². The van der Waals surface area contributed by atoms with Gasteiger partial charge in [0.2, 0.25) is 5.91 Å². The fourth-order valence-corrected chi connectivity index (χ4v) is 2.66. The molecule has 2 aliphatic rings. The zero-order chi connectivity index (χ0) is 13.9. The molecular weight excluding hydrogens is 246 g/mol. The molecule has 0 saturated heterocycles. The summed E-state index contributed by atoms with van der Waals surface area (Å²) in [5, 5.41) is 12.0. The number of carboxylic acid groups (broad SMARTS) is 1. The Morgan fingerprint density at radius 2 is 1.89 bits per heavy atom. The third kappa shape index (κ3) is 2.91. The van der Waals surface area contributed by atoms with E-state index in [1.807, 2.05) is 6.92 Å². The molecule has 2 fully saturated rings. The topological polar surface area (TPSA) is 75.6 Å². The Labute approximate surface area is 113 Å². The molecule has 2 aliphatic carbocycles. The van der Waals surface area contributed by atoms with Gasteiger partial charge in [-0.25, -0.2) is 0 Å². The van der Waals surface area contributed by atoms with Crippen molar-refractivity contribution in [2.75, 3.05) is 19.8 Å². The summed E-state index contributed by atoms with van der Waals surface area (Å²) >= 11 is 0. The highest BCUT2D eigenvalue weighted by Gasteiger charge is 2.51. The van der Waals surface area contributed by atoms with Crippen molar-refractivity contribution in [2.24, 2.45) is 10.8 Å². The average molecular weight is 269 g/mol. The van der Waals surface area contributed by atoms with Crippen LogP contribution in [0, 0.1) is 10.8 Å². The molecule has 0 radical (unpaired) electrons. The van der Waals surface area contributed by atoms with Gasteiger partial charge in [-0.2, -0.15) is 0 Å². The molecule has 0 spiro atoms. The maximum Gasteiger partial charge on any atom is 0.311 e. The van der Waals surface area contributed by atoms with Crippen LogP contribution in [0.3, 0.4) is 0 Å². The lowest BCUT2D eigenvalue weighted by Gasteiger charge is -2.40. The van der Waals surface area contributed by atoms with E-state index in [0.29, 0.717) is 26.1 Å². The predicted molar refractivity (Wildman–Crippen MR) is 69.7 cm³/mol. The van der Waals surface area contributed by atoms with E-state index < -0.39 is 11.4 Å². The van der Waals surface area contributed by atoms with Gasteiger partial charge in [0, 0.05) is 19.8 Å². The van der Waals surface area contributed by atoms with Crippen LogP contribution in [0.1, 0.15) is 45.4 Å². The fourth-order valence-electron chi connectivity index (χ4n) is 2.66. The van der Waals surface area contributed by atoms with Crippen molar-refractivity contribution < 1.29 is 19.4 Å². The number of aliphatic carboxylic acids is 1. The van der Waals surface area contributed by atoms with Crippen molar-refractivity contribution in [1.82, 2.24) is 5.32 Å². The van der Waals surface area contributed by atoms with Crippen LogP contribution >= 0.6 is 0 Å². The molecule has 0 atom stereocenters. The third-order valence-electron chi connectivity index (χ3n) is 4.62. The van der Waals surface area contributed by atoms with Crippen LogP contribution in [-0.4, -0.2) is 36.7 Å². The second-order valence-corrected chi connectivity index (χ2v) is 5.85. The van der Waals surface area contributed by atoms with E-state index in [1.165, 1.54) is 0 Å². The largest absolute Gasteiger partial charge is 0.481 e. The molecule has 0 unspecified atom stereocenters. The summed E-state index contributed by atoms with van der Waals surface area (Å²) < 4.78 is 5.34. The van der Waals surface area contributed by atoms with E-state index in [0.717, 1.165) is 25.7 Å². The van der Waals surface area contributed by atoms with E-state index in [4.69, 9.17) is 9.84 Å². The van der Waals surface area contributed by atoms with Gasteiger partial charge in [0.15, 0.2) is 0 Å². The number of amides is 1. The Kier molecular flexibility index (Phi) is 4.13. The number of ether oxygens (including phenoxy) is 1. The summed E-state index contributed by atoms with van der Waals surface area (Å²) in [5.74, 6) is -0.768. The summed E-state index contributed by atoms with van der Waals surface area (Å²) in [6.07, 6.45) is 4.96. The predicted octanol–water partition coefficient (Wildman–Crippen LogP) is 1.56. The highest BCUT2D eigenvalue weighted by atomic mass is 16.5. The summed E-state index contributed by atoms with van der Waals surface area (Å²) in [6.45, 7) is 3.49. The standard InChI is InChI=1S/C14H23NO4/c1-2-19-9-8-13(4-3-5-13)11(16)15-10-14(6-7-14)12(17)18/h2-10H2,1H3,(H,15,16)(H,17,18). The van der Waals surface area contributed by atoms with Gasteiger partial charge in [0.25, 0.3) is 0 Å². The fraction of sp³-hybridized carbons (Fsp3) is 0.857. The second kappa shape index (κ2) is 5.49. The molecule has 2 N–H and O–H groups in total. The highest BCUT2D eigenvalue weighted by Crippen LogP contribution is 2.47. The van der Waals surface area contributed by atoms with Gasteiger partial charge >= 0.3 is 5.97 Å². The number of carboxylic acids is 1. The van der Waals surface area contributed by atoms with E-state index in [1.54, 1.807) is 0 Å². The molecule has 0 aromatic heterocycles. The van der Waals surface area contributed by atoms with Crippen LogP contribution in [0.2, 0.25) is 0 Å². The minimum Gasteiger partial charge on any atom is -0.481 e. The lowest BCUT2D eigenvalue weighted by atomic mass is 9.66. The van der Waals surface area contributed by atoms with E-state index in [2.05, 4.69) is 5.32 Å². The molecule has 0 aliphatic heterocycles. The maximum atomic E-state index is 12.3. The van der Waals surface area contributed by atoms with Crippen molar-refractivity contribution in [3.63, 3.8) is 0 Å². The van der Waals surface area contributed by atoms with Crippen LogP contribution in [0.5, 0.6) is 0 Å². The number of carbonyl (C=O) groups is 2. The van der Waals surface area contributed by atoms with E-state index in [-0.39, 0.29) is 17.9 Å². The summed E-state index contributed by atoms with van der Waals surface area (Å²) in [7, 11) is 0. The first-order valence-corrected chi connectivity index (χ1v) is 7.14. The molecule has 108 valence electrons. The van der Waals surface area contributed by atoms with Gasteiger partial charge in [0.1, 0.15) is 0 Å². The number of hydrogen-bond acceptors (Lipinski definition) is 3. The first-order chi connectivity index (χ1) is 9.05. The minimum atomic E-state index is -0.787. The number of nitrogens with one attached hydrogen (secondary N) is 1. The van der Waals surface area contributed by atoms with Gasteiger partial charge in [0.05, 0.1) is 10.8 Å². The number of rotatable bonds is 8. The van der Waals surface area contributed by atoms with Crippen LogP contribution in [-0.2, 0) is 14.3 Å². The van der Waals surface area contributed by atoms with Crippen molar-refractivity contribution in [1.29, 1.82) is 0 Å². The van der Waals surface area contributed by atoms with Crippen LogP contribution in [0.4, 0.5) is 0 Å². The number of carbonyl (C=O) groups excluding carboxylic acids is 1. The molecule has 2 saturated carbocycles. The molecule has 1 amide bonds. The second-order valence-electron chi connectivity index (χ2n) is 5.85. The third-order valence-corrected chi connectivity index (χ3v) is 4.62. The Bertz CT molecular complexity index is 358. The molecule has 19 heavy (non-hydrogen) atoms. The maximum absolute atomic E-state index is 12.3. The van der Waals surface area contributed by atoms with Gasteiger partial charge in [-0.1, -0.05) is 6.42 Å². The Balaban J connectivity index is 1.82. The van der Waals surface area contributed by atoms with Crippen molar-refractivity contribution in [3.8, 4) is 0 Å². The molecule has 0 aromatic carbocycles. The van der Waals surface area contributed by atoms with Crippen molar-refractivity contribution >= 4 is 11.9 Å². The molecule has 0 aromatic rings. The highest BCUT2D eigenvalue weighted by molar-refractivity contribution is 5.85. The van der Waals surface area contributed by atoms with E-state index >= 15 is 0 Å². The lowest BCUT2D eigenvalue weighted by Crippen LogP contribution is -2.48. The van der Waals surface area contributed by atoms with Crippen LogP contribution in [0.15, 0.2) is 0 Å². The molecule has 0 heterocycles. The molecule has 5 nitrogen and oxygen atoms in total. The summed E-state index contributed by atoms with van der Waals surface area (Å²) in [6, 6.07) is 0. The molecule has 0 bridgehead atoms. The Morgan fingerprint density at radius 3 is 2.32 bits per heavy atom. The first-order valence-electron chi connectivity index (χ1n) is 7.14. The van der Waals surface area contributed by atoms with Crippen LogP contribution in [0.25, 0.3) is 0 Å². The van der Waals surface area contributed by atoms with Crippen LogP contribution < -0.4 is 5.32 Å². The zero-order valence-electron chi connectivity index (χ0n) is 11.5. The Hall–Kier alpha value is -1.10. The van der Waals surface area contributed by atoms with Gasteiger partial charge < -0.3 is 15.2 Å². The lowest BCUT2D eigenvalue weighted by molar-refractivity contribution is -0.144. The molecule has 5 heteroatoms. The average Bonchev–Trinajstić information content (AvgIpc) is 3.11. The first kappa shape index (κ1) is 14.3. The van der Waals surface area contributed by atoms with Gasteiger partial charge in [-0.05, 0) is 39.0 Å². The number of hydrogen-bond donors (Lipinski definition) is 2. The summed E-state index contributed by atoms with van der Waals surface area (Å²) in [4.78, 5) is 23.3. The summed E-state index contributed by atoms with van der Waals surface area (Å²) in [5.41, 5.74) is -0.982. The van der Waals surface area contributed by atoms with E-state index in [9.17, 15) is 9.59 Å². The van der Waals surface area contributed by atoms with Crippen molar-refractivity contribution in [3.05, 3.63) is 0 Å². The smallest absolute Gasteiger partial charge is 0.311 e. The monoisotopic (exact) mass is 269 g/mol. The Morgan fingerprint density at radius 1 is 1.21 bits per heavy atom.